The van der Waals surface area contributed by atoms with Gasteiger partial charge in [0.15, 0.2) is 0 Å². The highest BCUT2D eigenvalue weighted by atomic mass is 127. The average molecular weight is 378 g/mol. The van der Waals surface area contributed by atoms with Crippen LogP contribution >= 0.6 is 22.6 Å². The Bertz CT molecular complexity index is 201. The highest BCUT2D eigenvalue weighted by Crippen LogP contribution is 1.97. The van der Waals surface area contributed by atoms with Gasteiger partial charge in [-0.15, -0.1) is 0 Å². The molecule has 0 atom stereocenters. The maximum absolute atomic E-state index is 3.18. The van der Waals surface area contributed by atoms with E-state index in [9.17, 15) is 0 Å². The lowest BCUT2D eigenvalue weighted by Gasteiger charge is -1.94. The highest BCUT2D eigenvalue weighted by molar-refractivity contribution is 14.1. The monoisotopic (exact) mass is 378 g/mol. The van der Waals surface area contributed by atoms with Crippen molar-refractivity contribution in [2.24, 2.45) is 0 Å². The number of aromatic nitrogens is 2. The lowest BCUT2D eigenvalue weighted by Crippen LogP contribution is -3.00. The third kappa shape index (κ3) is 2.89. The Hall–Kier alpha value is 0.670. The van der Waals surface area contributed by atoms with E-state index < -0.39 is 0 Å². The third-order valence-corrected chi connectivity index (χ3v) is 2.40. The molecule has 0 unspecified atom stereocenters. The molecule has 0 saturated heterocycles. The van der Waals surface area contributed by atoms with Gasteiger partial charge >= 0.3 is 0 Å². The molecule has 0 spiro atoms. The number of hydrogen-bond acceptors (Lipinski definition) is 0. The van der Waals surface area contributed by atoms with E-state index in [-0.39, 0.29) is 24.0 Å². The topological polar surface area (TPSA) is 19.7 Å². The summed E-state index contributed by atoms with van der Waals surface area (Å²) in [5.74, 6) is 1.24. The molecule has 0 amide bonds. The number of halogens is 2. The molecule has 0 saturated carbocycles. The van der Waals surface area contributed by atoms with Crippen molar-refractivity contribution in [3.63, 3.8) is 0 Å². The van der Waals surface area contributed by atoms with Crippen LogP contribution in [0.3, 0.4) is 0 Å². The number of nitrogens with one attached hydrogen (secondary N) is 1. The van der Waals surface area contributed by atoms with Crippen LogP contribution in [0.2, 0.25) is 0 Å². The minimum atomic E-state index is 0. The summed E-state index contributed by atoms with van der Waals surface area (Å²) in [6, 6.07) is 0. The van der Waals surface area contributed by atoms with Crippen molar-refractivity contribution in [1.29, 1.82) is 0 Å². The SMILES string of the molecule is CCC[n+]1c(I)c[nH]c1C.[I-]. The molecule has 0 aliphatic heterocycles. The summed E-state index contributed by atoms with van der Waals surface area (Å²) in [6.07, 6.45) is 3.23. The van der Waals surface area contributed by atoms with Crippen LogP contribution in [0.15, 0.2) is 6.20 Å². The quantitative estimate of drug-likeness (QED) is 0.484. The van der Waals surface area contributed by atoms with Crippen molar-refractivity contribution < 1.29 is 28.5 Å². The number of imidazole rings is 1. The van der Waals surface area contributed by atoms with E-state index in [0.29, 0.717) is 0 Å². The predicted molar refractivity (Wildman–Crippen MR) is 48.7 cm³/mol. The standard InChI is InChI=1S/C7H11IN2.HI/c1-3-4-10-6(2)9-5-7(10)8;/h5H,3-4H2,1-2H3;1H. The fourth-order valence-electron chi connectivity index (χ4n) is 0.978. The van der Waals surface area contributed by atoms with Crippen LogP contribution in [0.25, 0.3) is 0 Å². The van der Waals surface area contributed by atoms with Crippen LogP contribution in [-0.2, 0) is 6.54 Å². The summed E-state index contributed by atoms with van der Waals surface area (Å²) < 4.78 is 3.57. The van der Waals surface area contributed by atoms with Gasteiger partial charge in [-0.3, -0.25) is 0 Å². The molecule has 0 aliphatic carbocycles. The summed E-state index contributed by atoms with van der Waals surface area (Å²) in [4.78, 5) is 3.18. The number of hydrogen-bond donors (Lipinski definition) is 1. The number of H-pyrrole nitrogens is 1. The van der Waals surface area contributed by atoms with Crippen molar-refractivity contribution >= 4 is 22.6 Å². The van der Waals surface area contributed by atoms with E-state index in [0.717, 1.165) is 6.54 Å². The number of aryl methyl sites for hydroxylation is 1. The predicted octanol–water partition coefficient (Wildman–Crippen LogP) is -1.37. The van der Waals surface area contributed by atoms with Crippen LogP contribution in [0.4, 0.5) is 0 Å². The molecule has 2 nitrogen and oxygen atoms in total. The third-order valence-electron chi connectivity index (χ3n) is 1.51. The van der Waals surface area contributed by atoms with E-state index >= 15 is 0 Å². The largest absolute Gasteiger partial charge is 1.00 e. The van der Waals surface area contributed by atoms with Crippen LogP contribution in [-0.4, -0.2) is 4.98 Å². The zero-order chi connectivity index (χ0) is 7.56. The van der Waals surface area contributed by atoms with Crippen LogP contribution < -0.4 is 28.5 Å². The Morgan fingerprint density at radius 3 is 2.64 bits per heavy atom. The Morgan fingerprint density at radius 1 is 1.64 bits per heavy atom. The normalized spacial score (nSPS) is 9.36. The fraction of sp³-hybridized carbons (Fsp3) is 0.571. The van der Waals surface area contributed by atoms with E-state index in [1.165, 1.54) is 15.9 Å². The summed E-state index contributed by atoms with van der Waals surface area (Å²) in [6.45, 7) is 5.40. The van der Waals surface area contributed by atoms with Gasteiger partial charge in [-0.25, -0.2) is 9.55 Å². The molecule has 1 N–H and O–H groups in total. The molecule has 0 fully saturated rings. The minimum absolute atomic E-state index is 0. The van der Waals surface area contributed by atoms with Gasteiger partial charge < -0.3 is 24.0 Å². The summed E-state index contributed by atoms with van der Waals surface area (Å²) in [5.41, 5.74) is 0. The first-order valence-electron chi connectivity index (χ1n) is 3.49. The van der Waals surface area contributed by atoms with E-state index in [2.05, 4.69) is 46.0 Å². The number of nitrogens with zero attached hydrogens (tertiary/aromatic N) is 1. The summed E-state index contributed by atoms with van der Waals surface area (Å²) in [7, 11) is 0. The van der Waals surface area contributed by atoms with Gasteiger partial charge in [0.05, 0.1) is 6.54 Å². The van der Waals surface area contributed by atoms with E-state index in [1.54, 1.807) is 0 Å². The second-order valence-electron chi connectivity index (χ2n) is 2.35. The summed E-state index contributed by atoms with van der Waals surface area (Å²) in [5, 5.41) is 0. The van der Waals surface area contributed by atoms with E-state index in [1.807, 2.05) is 6.20 Å². The van der Waals surface area contributed by atoms with E-state index in [4.69, 9.17) is 0 Å². The molecular weight excluding hydrogens is 366 g/mol. The molecule has 1 aromatic heterocycles. The molecule has 1 aromatic rings. The van der Waals surface area contributed by atoms with Gasteiger partial charge in [-0.2, -0.15) is 0 Å². The smallest absolute Gasteiger partial charge is 0.251 e. The second kappa shape index (κ2) is 5.34. The van der Waals surface area contributed by atoms with Gasteiger partial charge in [0.25, 0.3) is 5.82 Å². The lowest BCUT2D eigenvalue weighted by atomic mass is 10.5. The molecule has 0 aliphatic rings. The molecule has 4 heteroatoms. The average Bonchev–Trinajstić information content (AvgIpc) is 2.20. The summed E-state index contributed by atoms with van der Waals surface area (Å²) >= 11 is 2.34. The highest BCUT2D eigenvalue weighted by Gasteiger charge is 2.08. The number of rotatable bonds is 2. The molecule has 0 bridgehead atoms. The van der Waals surface area contributed by atoms with Crippen molar-refractivity contribution in [2.45, 2.75) is 26.8 Å². The Kier molecular flexibility index (Phi) is 5.66. The van der Waals surface area contributed by atoms with Crippen LogP contribution in [0.1, 0.15) is 19.2 Å². The Morgan fingerprint density at radius 2 is 2.27 bits per heavy atom. The maximum Gasteiger partial charge on any atom is 0.251 e. The molecule has 11 heavy (non-hydrogen) atoms. The van der Waals surface area contributed by atoms with Crippen molar-refractivity contribution in [1.82, 2.24) is 4.98 Å². The molecule has 64 valence electrons. The van der Waals surface area contributed by atoms with Crippen LogP contribution in [0.5, 0.6) is 0 Å². The zero-order valence-corrected chi connectivity index (χ0v) is 11.0. The van der Waals surface area contributed by atoms with Gasteiger partial charge in [0, 0.05) is 29.5 Å². The zero-order valence-electron chi connectivity index (χ0n) is 6.69. The van der Waals surface area contributed by atoms with Gasteiger partial charge in [0.2, 0.25) is 3.70 Å². The molecule has 0 aromatic carbocycles. The lowest BCUT2D eigenvalue weighted by molar-refractivity contribution is -0.713. The minimum Gasteiger partial charge on any atom is -1.00 e. The van der Waals surface area contributed by atoms with Crippen molar-refractivity contribution in [2.75, 3.05) is 0 Å². The van der Waals surface area contributed by atoms with Crippen molar-refractivity contribution in [3.8, 4) is 0 Å². The van der Waals surface area contributed by atoms with Gasteiger partial charge in [0.1, 0.15) is 6.20 Å². The fourth-order valence-corrected chi connectivity index (χ4v) is 1.74. The second-order valence-corrected chi connectivity index (χ2v) is 3.45. The van der Waals surface area contributed by atoms with Crippen molar-refractivity contribution in [3.05, 3.63) is 15.7 Å². The first kappa shape index (κ1) is 11.7. The maximum atomic E-state index is 3.18. The molecule has 1 heterocycles. The van der Waals surface area contributed by atoms with Crippen LogP contribution in [0, 0.1) is 10.6 Å². The Balaban J connectivity index is 0.000001000. The number of aromatic amines is 1. The van der Waals surface area contributed by atoms with Gasteiger partial charge in [-0.05, 0) is 6.42 Å². The molecular formula is C7H12I2N2. The molecule has 0 radical (unpaired) electrons. The first-order chi connectivity index (χ1) is 4.75. The Labute approximate surface area is 97.9 Å². The first-order valence-corrected chi connectivity index (χ1v) is 4.57. The molecule has 1 rings (SSSR count). The van der Waals surface area contributed by atoms with Gasteiger partial charge in [-0.1, -0.05) is 6.92 Å².